The lowest BCUT2D eigenvalue weighted by atomic mass is 10.3. The van der Waals surface area contributed by atoms with Crippen molar-refractivity contribution in [1.29, 1.82) is 0 Å². The van der Waals surface area contributed by atoms with Crippen molar-refractivity contribution >= 4 is 38.4 Å². The fraction of sp³-hybridized carbons (Fsp3) is 0.500. The van der Waals surface area contributed by atoms with Crippen LogP contribution in [0.15, 0.2) is 22.6 Å². The normalized spacial score (nSPS) is 15.5. The second kappa shape index (κ2) is 5.85. The van der Waals surface area contributed by atoms with E-state index in [1.165, 1.54) is 0 Å². The van der Waals surface area contributed by atoms with Gasteiger partial charge in [0, 0.05) is 11.8 Å². The number of anilines is 1. The molecule has 1 aliphatic carbocycles. The Bertz CT molecular complexity index is 738. The summed E-state index contributed by atoms with van der Waals surface area (Å²) in [6.45, 7) is 0. The predicted octanol–water partition coefficient (Wildman–Crippen LogP) is 3.47. The Hall–Kier alpha value is -1.27. The van der Waals surface area contributed by atoms with Crippen LogP contribution in [-0.2, 0) is 10.0 Å². The molecule has 0 aliphatic heterocycles. The first-order chi connectivity index (χ1) is 10.1. The van der Waals surface area contributed by atoms with Crippen molar-refractivity contribution in [3.05, 3.63) is 24.1 Å². The van der Waals surface area contributed by atoms with Gasteiger partial charge in [-0.3, -0.25) is 4.72 Å². The third-order valence-corrected chi connectivity index (χ3v) is 5.04. The molecule has 114 valence electrons. The lowest BCUT2D eigenvalue weighted by molar-refractivity contribution is 0.533. The van der Waals surface area contributed by atoms with Crippen LogP contribution in [0.4, 0.5) is 5.69 Å². The van der Waals surface area contributed by atoms with E-state index < -0.39 is 10.0 Å². The molecule has 0 atom stereocenters. The molecule has 5 nitrogen and oxygen atoms in total. The third-order valence-electron chi connectivity index (χ3n) is 3.40. The Morgan fingerprint density at radius 1 is 1.33 bits per heavy atom. The van der Waals surface area contributed by atoms with Gasteiger partial charge in [0.15, 0.2) is 11.5 Å². The molecular formula is C14H17ClN2O3S. The summed E-state index contributed by atoms with van der Waals surface area (Å²) in [6, 6.07) is 5.16. The minimum absolute atomic E-state index is 0.0733. The fourth-order valence-corrected chi connectivity index (χ4v) is 3.49. The van der Waals surface area contributed by atoms with Gasteiger partial charge in [-0.25, -0.2) is 13.4 Å². The van der Waals surface area contributed by atoms with Gasteiger partial charge in [0.1, 0.15) is 5.52 Å². The van der Waals surface area contributed by atoms with Crippen molar-refractivity contribution in [2.75, 3.05) is 16.4 Å². The van der Waals surface area contributed by atoms with Crippen molar-refractivity contribution in [2.45, 2.75) is 31.6 Å². The van der Waals surface area contributed by atoms with Gasteiger partial charge in [0.05, 0.1) is 11.4 Å². The van der Waals surface area contributed by atoms with Gasteiger partial charge in [0.2, 0.25) is 10.0 Å². The van der Waals surface area contributed by atoms with Crippen molar-refractivity contribution in [3.8, 4) is 0 Å². The Morgan fingerprint density at radius 2 is 2.14 bits per heavy atom. The second-order valence-electron chi connectivity index (χ2n) is 5.33. The molecule has 1 aromatic carbocycles. The standard InChI is InChI=1S/C14H17ClN2O3S/c15-7-1-2-8-21(18,19)17-11-5-6-13-12(9-11)16-14(20-13)10-3-4-10/h5-6,9-10,17H,1-4,7-8H2. The van der Waals surface area contributed by atoms with E-state index >= 15 is 0 Å². The van der Waals surface area contributed by atoms with Gasteiger partial charge < -0.3 is 4.42 Å². The highest BCUT2D eigenvalue weighted by Gasteiger charge is 2.28. The summed E-state index contributed by atoms with van der Waals surface area (Å²) in [5.41, 5.74) is 1.91. The summed E-state index contributed by atoms with van der Waals surface area (Å²) in [5, 5.41) is 0. The molecular weight excluding hydrogens is 312 g/mol. The van der Waals surface area contributed by atoms with Crippen LogP contribution in [0.5, 0.6) is 0 Å². The number of aromatic nitrogens is 1. The number of nitrogens with one attached hydrogen (secondary N) is 1. The Balaban J connectivity index is 1.74. The second-order valence-corrected chi connectivity index (χ2v) is 7.55. The maximum absolute atomic E-state index is 11.9. The molecule has 3 rings (SSSR count). The highest BCUT2D eigenvalue weighted by Crippen LogP contribution is 2.40. The molecule has 1 N–H and O–H groups in total. The first-order valence-electron chi connectivity index (χ1n) is 7.04. The van der Waals surface area contributed by atoms with Crippen LogP contribution in [0.3, 0.4) is 0 Å². The molecule has 0 unspecified atom stereocenters. The summed E-state index contributed by atoms with van der Waals surface area (Å²) in [7, 11) is -3.34. The summed E-state index contributed by atoms with van der Waals surface area (Å²) >= 11 is 5.55. The maximum atomic E-state index is 11.9. The Kier molecular flexibility index (Phi) is 4.08. The first-order valence-corrected chi connectivity index (χ1v) is 9.23. The number of hydrogen-bond acceptors (Lipinski definition) is 4. The summed E-state index contributed by atoms with van der Waals surface area (Å²) in [4.78, 5) is 4.42. The van der Waals surface area contributed by atoms with Gasteiger partial charge in [0.25, 0.3) is 0 Å². The van der Waals surface area contributed by atoms with Crippen molar-refractivity contribution in [3.63, 3.8) is 0 Å². The average molecular weight is 329 g/mol. The van der Waals surface area contributed by atoms with Gasteiger partial charge in [-0.1, -0.05) is 0 Å². The Labute approximate surface area is 128 Å². The summed E-state index contributed by atoms with van der Waals surface area (Å²) in [6.07, 6.45) is 3.48. The molecule has 0 radical (unpaired) electrons. The molecule has 0 amide bonds. The van der Waals surface area contributed by atoms with E-state index in [4.69, 9.17) is 16.0 Å². The van der Waals surface area contributed by atoms with E-state index in [9.17, 15) is 8.42 Å². The third kappa shape index (κ3) is 3.68. The molecule has 1 aromatic heterocycles. The predicted molar refractivity (Wildman–Crippen MR) is 83.3 cm³/mol. The van der Waals surface area contributed by atoms with Crippen molar-refractivity contribution in [2.24, 2.45) is 0 Å². The quantitative estimate of drug-likeness (QED) is 0.624. The molecule has 1 heterocycles. The van der Waals surface area contributed by atoms with Gasteiger partial charge in [-0.15, -0.1) is 11.6 Å². The zero-order valence-electron chi connectivity index (χ0n) is 11.5. The summed E-state index contributed by atoms with van der Waals surface area (Å²) < 4.78 is 32.1. The number of halogens is 1. The fourth-order valence-electron chi connectivity index (χ4n) is 2.13. The van der Waals surface area contributed by atoms with Crippen LogP contribution in [0.25, 0.3) is 11.1 Å². The van der Waals surface area contributed by atoms with Gasteiger partial charge >= 0.3 is 0 Å². The number of unbranched alkanes of at least 4 members (excludes halogenated alkanes) is 1. The SMILES string of the molecule is O=S(=O)(CCCCCl)Nc1ccc2oc(C3CC3)nc2c1. The largest absolute Gasteiger partial charge is 0.440 e. The van der Waals surface area contributed by atoms with Crippen LogP contribution in [0.2, 0.25) is 0 Å². The molecule has 21 heavy (non-hydrogen) atoms. The molecule has 0 bridgehead atoms. The van der Waals surface area contributed by atoms with Crippen molar-refractivity contribution in [1.82, 2.24) is 4.98 Å². The van der Waals surface area contributed by atoms with E-state index in [-0.39, 0.29) is 5.75 Å². The number of rotatable bonds is 7. The lowest BCUT2D eigenvalue weighted by Gasteiger charge is -2.07. The van der Waals surface area contributed by atoms with Crippen molar-refractivity contribution < 1.29 is 12.8 Å². The lowest BCUT2D eigenvalue weighted by Crippen LogP contribution is -2.16. The van der Waals surface area contributed by atoms with Crippen LogP contribution in [0, 0.1) is 0 Å². The monoisotopic (exact) mass is 328 g/mol. The molecule has 0 spiro atoms. The van der Waals surface area contributed by atoms with E-state index in [0.717, 1.165) is 18.7 Å². The molecule has 1 saturated carbocycles. The first kappa shape index (κ1) is 14.7. The number of fused-ring (bicyclic) bond motifs is 1. The maximum Gasteiger partial charge on any atom is 0.232 e. The number of alkyl halides is 1. The number of benzene rings is 1. The van der Waals surface area contributed by atoms with E-state index in [1.807, 2.05) is 0 Å². The number of oxazole rings is 1. The highest BCUT2D eigenvalue weighted by atomic mass is 35.5. The number of nitrogens with zero attached hydrogens (tertiary/aromatic N) is 1. The highest BCUT2D eigenvalue weighted by molar-refractivity contribution is 7.92. The summed E-state index contributed by atoms with van der Waals surface area (Å²) in [5.74, 6) is 1.74. The molecule has 7 heteroatoms. The topological polar surface area (TPSA) is 72.2 Å². The van der Waals surface area contributed by atoms with E-state index in [2.05, 4.69) is 9.71 Å². The number of sulfonamides is 1. The average Bonchev–Trinajstić information content (AvgIpc) is 3.19. The van der Waals surface area contributed by atoms with Gasteiger partial charge in [-0.2, -0.15) is 0 Å². The van der Waals surface area contributed by atoms with Gasteiger partial charge in [-0.05, 0) is 43.9 Å². The number of hydrogen-bond donors (Lipinski definition) is 1. The van der Waals surface area contributed by atoms with E-state index in [0.29, 0.717) is 41.4 Å². The van der Waals surface area contributed by atoms with Crippen LogP contribution < -0.4 is 4.72 Å². The molecule has 2 aromatic rings. The van der Waals surface area contributed by atoms with E-state index in [1.54, 1.807) is 18.2 Å². The molecule has 0 saturated heterocycles. The minimum atomic E-state index is -3.34. The smallest absolute Gasteiger partial charge is 0.232 e. The van der Waals surface area contributed by atoms with Crippen LogP contribution in [-0.4, -0.2) is 25.0 Å². The molecule has 1 fully saturated rings. The van der Waals surface area contributed by atoms with Crippen LogP contribution >= 0.6 is 11.6 Å². The van der Waals surface area contributed by atoms with Crippen LogP contribution in [0.1, 0.15) is 37.5 Å². The zero-order chi connectivity index (χ0) is 14.9. The minimum Gasteiger partial charge on any atom is -0.440 e. The Morgan fingerprint density at radius 3 is 2.86 bits per heavy atom. The zero-order valence-corrected chi connectivity index (χ0v) is 13.1. The molecule has 1 aliphatic rings.